The number of unbranched alkanes of at least 4 members (excludes halogenated alkanes) is 1. The fourth-order valence-corrected chi connectivity index (χ4v) is 2.24. The Bertz CT molecular complexity index is 620. The molecule has 23 heavy (non-hydrogen) atoms. The van der Waals surface area contributed by atoms with E-state index in [-0.39, 0.29) is 5.91 Å². The van der Waals surface area contributed by atoms with Crippen LogP contribution in [0.3, 0.4) is 0 Å². The number of carbonyl (C=O) groups is 1. The maximum atomic E-state index is 12.2. The summed E-state index contributed by atoms with van der Waals surface area (Å²) in [5.41, 5.74) is 3.09. The van der Waals surface area contributed by atoms with Gasteiger partial charge in [0, 0.05) is 26.3 Å². The molecule has 0 aliphatic carbocycles. The van der Waals surface area contributed by atoms with Crippen molar-refractivity contribution in [1.29, 1.82) is 0 Å². The van der Waals surface area contributed by atoms with E-state index in [1.165, 1.54) is 11.1 Å². The number of benzene rings is 1. The molecule has 4 nitrogen and oxygen atoms in total. The van der Waals surface area contributed by atoms with Crippen LogP contribution in [-0.4, -0.2) is 29.4 Å². The minimum absolute atomic E-state index is 0.0241. The smallest absolute Gasteiger partial charge is 0.255 e. The molecule has 1 amide bonds. The fourth-order valence-electron chi connectivity index (χ4n) is 2.24. The van der Waals surface area contributed by atoms with E-state index < -0.39 is 0 Å². The lowest BCUT2D eigenvalue weighted by molar-refractivity contribution is 0.0793. The number of amides is 1. The Hall–Kier alpha value is -2.36. The average Bonchev–Trinajstić information content (AvgIpc) is 2.59. The standard InChI is InChI=1S/C19H25N3O/c1-4-5-12-22(3)19(23)17-10-11-18(21-14-17)20-13-16-8-6-15(2)7-9-16/h6-11,14H,4-5,12-13H2,1-3H3,(H,20,21). The second-order valence-corrected chi connectivity index (χ2v) is 5.85. The van der Waals surface area contributed by atoms with Gasteiger partial charge in [-0.3, -0.25) is 4.79 Å². The van der Waals surface area contributed by atoms with Gasteiger partial charge in [-0.25, -0.2) is 4.98 Å². The summed E-state index contributed by atoms with van der Waals surface area (Å²) in [4.78, 5) is 18.3. The van der Waals surface area contributed by atoms with Crippen molar-refractivity contribution in [2.75, 3.05) is 18.9 Å². The zero-order valence-electron chi connectivity index (χ0n) is 14.2. The van der Waals surface area contributed by atoms with Gasteiger partial charge in [0.25, 0.3) is 5.91 Å². The minimum atomic E-state index is 0.0241. The molecule has 4 heteroatoms. The summed E-state index contributed by atoms with van der Waals surface area (Å²) in [6.45, 7) is 5.69. The Morgan fingerprint density at radius 1 is 1.17 bits per heavy atom. The zero-order chi connectivity index (χ0) is 16.7. The van der Waals surface area contributed by atoms with E-state index >= 15 is 0 Å². The first-order valence-corrected chi connectivity index (χ1v) is 8.11. The summed E-state index contributed by atoms with van der Waals surface area (Å²) in [6.07, 6.45) is 3.74. The van der Waals surface area contributed by atoms with Crippen LogP contribution in [0, 0.1) is 6.92 Å². The van der Waals surface area contributed by atoms with E-state index in [0.29, 0.717) is 5.56 Å². The summed E-state index contributed by atoms with van der Waals surface area (Å²) in [5, 5.41) is 3.27. The van der Waals surface area contributed by atoms with Crippen molar-refractivity contribution in [2.24, 2.45) is 0 Å². The molecule has 1 aromatic carbocycles. The largest absolute Gasteiger partial charge is 0.366 e. The van der Waals surface area contributed by atoms with E-state index in [0.717, 1.165) is 31.7 Å². The molecule has 0 aliphatic heterocycles. The van der Waals surface area contributed by atoms with Gasteiger partial charge in [0.2, 0.25) is 0 Å². The third-order valence-corrected chi connectivity index (χ3v) is 3.80. The van der Waals surface area contributed by atoms with Gasteiger partial charge in [0.05, 0.1) is 5.56 Å². The third-order valence-electron chi connectivity index (χ3n) is 3.80. The Kier molecular flexibility index (Phi) is 6.15. The first kappa shape index (κ1) is 17.0. The van der Waals surface area contributed by atoms with Crippen LogP contribution in [0.4, 0.5) is 5.82 Å². The molecule has 2 aromatic rings. The maximum absolute atomic E-state index is 12.2. The van der Waals surface area contributed by atoms with E-state index in [1.54, 1.807) is 11.1 Å². The van der Waals surface area contributed by atoms with Crippen LogP contribution >= 0.6 is 0 Å². The number of anilines is 1. The van der Waals surface area contributed by atoms with Gasteiger partial charge in [-0.15, -0.1) is 0 Å². The number of nitrogens with zero attached hydrogens (tertiary/aromatic N) is 2. The van der Waals surface area contributed by atoms with Gasteiger partial charge in [-0.2, -0.15) is 0 Å². The second kappa shape index (κ2) is 8.32. The monoisotopic (exact) mass is 311 g/mol. The number of carbonyl (C=O) groups excluding carboxylic acids is 1. The highest BCUT2D eigenvalue weighted by atomic mass is 16.2. The lowest BCUT2D eigenvalue weighted by Crippen LogP contribution is -2.27. The minimum Gasteiger partial charge on any atom is -0.366 e. The second-order valence-electron chi connectivity index (χ2n) is 5.85. The molecule has 1 aromatic heterocycles. The molecule has 0 fully saturated rings. The van der Waals surface area contributed by atoms with Gasteiger partial charge in [-0.1, -0.05) is 43.2 Å². The number of hydrogen-bond donors (Lipinski definition) is 1. The van der Waals surface area contributed by atoms with Crippen molar-refractivity contribution < 1.29 is 4.79 Å². The van der Waals surface area contributed by atoms with Crippen LogP contribution in [-0.2, 0) is 6.54 Å². The van der Waals surface area contributed by atoms with E-state index in [9.17, 15) is 4.79 Å². The van der Waals surface area contributed by atoms with Crippen molar-refractivity contribution in [3.05, 3.63) is 59.3 Å². The Labute approximate surface area is 138 Å². The number of aromatic nitrogens is 1. The van der Waals surface area contributed by atoms with Crippen LogP contribution in [0.2, 0.25) is 0 Å². The van der Waals surface area contributed by atoms with E-state index in [1.807, 2.05) is 19.2 Å². The number of hydrogen-bond acceptors (Lipinski definition) is 3. The topological polar surface area (TPSA) is 45.2 Å². The molecule has 0 saturated carbocycles. The molecule has 0 atom stereocenters. The van der Waals surface area contributed by atoms with Crippen LogP contribution in [0.25, 0.3) is 0 Å². The highest BCUT2D eigenvalue weighted by molar-refractivity contribution is 5.93. The highest BCUT2D eigenvalue weighted by Gasteiger charge is 2.11. The van der Waals surface area contributed by atoms with Crippen LogP contribution in [0.15, 0.2) is 42.6 Å². The summed E-state index contributed by atoms with van der Waals surface area (Å²) in [5.74, 6) is 0.800. The van der Waals surface area contributed by atoms with Crippen molar-refractivity contribution in [1.82, 2.24) is 9.88 Å². The molecule has 0 spiro atoms. The third kappa shape index (κ3) is 5.09. The Morgan fingerprint density at radius 2 is 1.91 bits per heavy atom. The lowest BCUT2D eigenvalue weighted by Gasteiger charge is -2.16. The van der Waals surface area contributed by atoms with Crippen molar-refractivity contribution >= 4 is 11.7 Å². The van der Waals surface area contributed by atoms with Crippen LogP contribution < -0.4 is 5.32 Å². The van der Waals surface area contributed by atoms with Crippen LogP contribution in [0.5, 0.6) is 0 Å². The SMILES string of the molecule is CCCCN(C)C(=O)c1ccc(NCc2ccc(C)cc2)nc1. The average molecular weight is 311 g/mol. The van der Waals surface area contributed by atoms with Crippen LogP contribution in [0.1, 0.15) is 41.3 Å². The molecular formula is C19H25N3O. The first-order valence-electron chi connectivity index (χ1n) is 8.11. The van der Waals surface area contributed by atoms with Crippen molar-refractivity contribution in [2.45, 2.75) is 33.2 Å². The van der Waals surface area contributed by atoms with Gasteiger partial charge < -0.3 is 10.2 Å². The molecule has 0 unspecified atom stereocenters. The molecule has 2 rings (SSSR count). The van der Waals surface area contributed by atoms with Crippen molar-refractivity contribution in [3.8, 4) is 0 Å². The summed E-state index contributed by atoms with van der Waals surface area (Å²) >= 11 is 0. The van der Waals surface area contributed by atoms with Gasteiger partial charge in [0.15, 0.2) is 0 Å². The summed E-state index contributed by atoms with van der Waals surface area (Å²) in [7, 11) is 1.83. The van der Waals surface area contributed by atoms with Gasteiger partial charge in [0.1, 0.15) is 5.82 Å². The van der Waals surface area contributed by atoms with E-state index in [4.69, 9.17) is 0 Å². The predicted octanol–water partition coefficient (Wildman–Crippen LogP) is 3.87. The number of pyridine rings is 1. The molecule has 0 radical (unpaired) electrons. The quantitative estimate of drug-likeness (QED) is 0.844. The molecule has 0 bridgehead atoms. The molecule has 1 heterocycles. The number of aryl methyl sites for hydroxylation is 1. The maximum Gasteiger partial charge on any atom is 0.255 e. The number of nitrogens with one attached hydrogen (secondary N) is 1. The van der Waals surface area contributed by atoms with E-state index in [2.05, 4.69) is 48.4 Å². The zero-order valence-corrected chi connectivity index (χ0v) is 14.2. The first-order chi connectivity index (χ1) is 11.1. The lowest BCUT2D eigenvalue weighted by atomic mass is 10.1. The summed E-state index contributed by atoms with van der Waals surface area (Å²) < 4.78 is 0. The molecule has 1 N–H and O–H groups in total. The van der Waals surface area contributed by atoms with Gasteiger partial charge >= 0.3 is 0 Å². The fraction of sp³-hybridized carbons (Fsp3) is 0.368. The normalized spacial score (nSPS) is 10.4. The Morgan fingerprint density at radius 3 is 2.52 bits per heavy atom. The summed E-state index contributed by atoms with van der Waals surface area (Å²) in [6, 6.07) is 12.1. The molecule has 0 saturated heterocycles. The van der Waals surface area contributed by atoms with Gasteiger partial charge in [-0.05, 0) is 31.0 Å². The molecule has 0 aliphatic rings. The molecule has 122 valence electrons. The predicted molar refractivity (Wildman–Crippen MR) is 94.6 cm³/mol. The number of rotatable bonds is 7. The Balaban J connectivity index is 1.91. The molecular weight excluding hydrogens is 286 g/mol. The van der Waals surface area contributed by atoms with Crippen molar-refractivity contribution in [3.63, 3.8) is 0 Å². The highest BCUT2D eigenvalue weighted by Crippen LogP contribution is 2.10.